The van der Waals surface area contributed by atoms with Crippen molar-refractivity contribution in [1.29, 1.82) is 5.26 Å². The number of amides is 2. The normalized spacial score (nSPS) is 15.8. The molecule has 10 heteroatoms. The molecule has 0 unspecified atom stereocenters. The van der Waals surface area contributed by atoms with Crippen LogP contribution < -0.4 is 10.2 Å². The molecule has 32 heavy (non-hydrogen) atoms. The van der Waals surface area contributed by atoms with Crippen molar-refractivity contribution in [3.63, 3.8) is 0 Å². The average molecular weight is 439 g/mol. The molecule has 1 aliphatic heterocycles. The summed E-state index contributed by atoms with van der Waals surface area (Å²) in [6.07, 6.45) is -3.20. The summed E-state index contributed by atoms with van der Waals surface area (Å²) >= 11 is 0. The fraction of sp³-hybridized carbons (Fsp3) is 0.182. The van der Waals surface area contributed by atoms with Crippen LogP contribution in [0.1, 0.15) is 44.9 Å². The van der Waals surface area contributed by atoms with Crippen molar-refractivity contribution >= 4 is 23.2 Å². The molecule has 0 aliphatic carbocycles. The number of nitrogens with one attached hydrogen (secondary N) is 1. The van der Waals surface area contributed by atoms with Crippen molar-refractivity contribution in [2.24, 2.45) is 0 Å². The van der Waals surface area contributed by atoms with Crippen LogP contribution >= 0.6 is 0 Å². The Morgan fingerprint density at radius 1 is 1.22 bits per heavy atom. The Morgan fingerprint density at radius 2 is 1.94 bits per heavy atom. The molecule has 2 aromatic carbocycles. The van der Waals surface area contributed by atoms with Gasteiger partial charge in [-0.15, -0.1) is 0 Å². The number of carbonyl (C=O) groups excluding carboxylic acids is 2. The van der Waals surface area contributed by atoms with E-state index in [9.17, 15) is 22.8 Å². The minimum absolute atomic E-state index is 0.0285. The summed E-state index contributed by atoms with van der Waals surface area (Å²) in [5, 5.41) is 15.8. The van der Waals surface area contributed by atoms with Gasteiger partial charge in [-0.2, -0.15) is 23.5 Å². The first-order valence-corrected chi connectivity index (χ1v) is 9.57. The summed E-state index contributed by atoms with van der Waals surface area (Å²) in [5.41, 5.74) is 0.278. The lowest BCUT2D eigenvalue weighted by Gasteiger charge is -2.32. The lowest BCUT2D eigenvalue weighted by atomic mass is 10.1. The lowest BCUT2D eigenvalue weighted by Crippen LogP contribution is -2.43. The van der Waals surface area contributed by atoms with E-state index in [1.54, 1.807) is 25.1 Å². The summed E-state index contributed by atoms with van der Waals surface area (Å²) in [6.45, 7) is 1.97. The third-order valence-electron chi connectivity index (χ3n) is 5.11. The highest BCUT2D eigenvalue weighted by Crippen LogP contribution is 2.33. The second kappa shape index (κ2) is 7.85. The molecule has 162 valence electrons. The predicted molar refractivity (Wildman–Crippen MR) is 109 cm³/mol. The molecule has 0 fully saturated rings. The topological polar surface area (TPSA) is 91.0 Å². The van der Waals surface area contributed by atoms with Gasteiger partial charge in [0.1, 0.15) is 5.69 Å². The molecule has 3 aromatic rings. The van der Waals surface area contributed by atoms with Crippen LogP contribution in [0.5, 0.6) is 0 Å². The second-order valence-corrected chi connectivity index (χ2v) is 7.31. The molecule has 2 amide bonds. The Labute approximate surface area is 180 Å². The maximum absolute atomic E-state index is 13.2. The molecule has 1 aromatic heterocycles. The molecule has 0 saturated carbocycles. The number of halogens is 3. The fourth-order valence-electron chi connectivity index (χ4n) is 3.55. The SMILES string of the molecule is C[C@H]1CN(c2ccc(C(F)(F)F)cc2)C(=O)c2c(C(=O)Nc3cccc(C#N)c3)cnn21. The maximum atomic E-state index is 13.2. The third-order valence-corrected chi connectivity index (χ3v) is 5.11. The van der Waals surface area contributed by atoms with Crippen molar-refractivity contribution in [2.45, 2.75) is 19.1 Å². The van der Waals surface area contributed by atoms with Gasteiger partial charge in [-0.3, -0.25) is 14.3 Å². The van der Waals surface area contributed by atoms with E-state index in [-0.39, 0.29) is 29.5 Å². The number of aromatic nitrogens is 2. The zero-order chi connectivity index (χ0) is 23.0. The van der Waals surface area contributed by atoms with Crippen LogP contribution in [0.3, 0.4) is 0 Å². The minimum Gasteiger partial charge on any atom is -0.322 e. The molecule has 1 N–H and O–H groups in total. The monoisotopic (exact) mass is 439 g/mol. The Balaban J connectivity index is 1.64. The predicted octanol–water partition coefficient (Wildman–Crippen LogP) is 4.25. The van der Waals surface area contributed by atoms with Gasteiger partial charge < -0.3 is 10.2 Å². The van der Waals surface area contributed by atoms with Crippen LogP contribution in [0.2, 0.25) is 0 Å². The van der Waals surface area contributed by atoms with E-state index in [1.807, 2.05) is 6.07 Å². The Morgan fingerprint density at radius 3 is 2.59 bits per heavy atom. The van der Waals surface area contributed by atoms with Crippen LogP contribution in [0.15, 0.2) is 54.7 Å². The molecule has 7 nitrogen and oxygen atoms in total. The number of nitrogens with zero attached hydrogens (tertiary/aromatic N) is 4. The molecular weight excluding hydrogens is 423 g/mol. The van der Waals surface area contributed by atoms with Crippen LogP contribution in [-0.2, 0) is 6.18 Å². The molecule has 0 bridgehead atoms. The van der Waals surface area contributed by atoms with Crippen molar-refractivity contribution < 1.29 is 22.8 Å². The standard InChI is InChI=1S/C22H16F3N5O2/c1-13-12-29(17-7-5-15(6-8-17)22(23,24)25)21(32)19-18(11-27-30(13)19)20(31)28-16-4-2-3-14(9-16)10-26/h2-9,11,13H,12H2,1H3,(H,28,31)/t13-/m0/s1. The second-order valence-electron chi connectivity index (χ2n) is 7.31. The van der Waals surface area contributed by atoms with Gasteiger partial charge in [0.05, 0.1) is 35.0 Å². The van der Waals surface area contributed by atoms with Gasteiger partial charge in [-0.05, 0) is 49.4 Å². The van der Waals surface area contributed by atoms with E-state index in [1.165, 1.54) is 34.0 Å². The first-order chi connectivity index (χ1) is 15.2. The number of alkyl halides is 3. The van der Waals surface area contributed by atoms with Crippen molar-refractivity contribution in [1.82, 2.24) is 9.78 Å². The molecule has 0 spiro atoms. The van der Waals surface area contributed by atoms with Gasteiger partial charge in [0.25, 0.3) is 11.8 Å². The highest BCUT2D eigenvalue weighted by Gasteiger charge is 2.36. The molecule has 2 heterocycles. The zero-order valence-electron chi connectivity index (χ0n) is 16.7. The van der Waals surface area contributed by atoms with E-state index in [0.29, 0.717) is 11.3 Å². The van der Waals surface area contributed by atoms with Gasteiger partial charge in [0.15, 0.2) is 0 Å². The van der Waals surface area contributed by atoms with Gasteiger partial charge in [-0.1, -0.05) is 6.07 Å². The summed E-state index contributed by atoms with van der Waals surface area (Å²) in [4.78, 5) is 27.4. The van der Waals surface area contributed by atoms with Gasteiger partial charge >= 0.3 is 6.18 Å². The van der Waals surface area contributed by atoms with Crippen molar-refractivity contribution in [3.05, 3.63) is 77.1 Å². The summed E-state index contributed by atoms with van der Waals surface area (Å²) in [6, 6.07) is 12.2. The number of carbonyl (C=O) groups is 2. The highest BCUT2D eigenvalue weighted by molar-refractivity contribution is 6.15. The maximum Gasteiger partial charge on any atom is 0.416 e. The van der Waals surface area contributed by atoms with Gasteiger partial charge in [0, 0.05) is 17.9 Å². The van der Waals surface area contributed by atoms with Crippen molar-refractivity contribution in [2.75, 3.05) is 16.8 Å². The molecule has 1 aliphatic rings. The number of hydrogen-bond acceptors (Lipinski definition) is 4. The van der Waals surface area contributed by atoms with Crippen LogP contribution in [0.25, 0.3) is 0 Å². The third kappa shape index (κ3) is 3.80. The molecule has 4 rings (SSSR count). The zero-order valence-corrected chi connectivity index (χ0v) is 16.7. The van der Waals surface area contributed by atoms with Gasteiger partial charge in [-0.25, -0.2) is 0 Å². The van der Waals surface area contributed by atoms with Gasteiger partial charge in [0.2, 0.25) is 0 Å². The highest BCUT2D eigenvalue weighted by atomic mass is 19.4. The number of rotatable bonds is 3. The molecule has 1 atom stereocenters. The fourth-order valence-corrected chi connectivity index (χ4v) is 3.55. The van der Waals surface area contributed by atoms with E-state index >= 15 is 0 Å². The number of nitriles is 1. The van der Waals surface area contributed by atoms with E-state index in [2.05, 4.69) is 10.4 Å². The Kier molecular flexibility index (Phi) is 5.18. The largest absolute Gasteiger partial charge is 0.416 e. The smallest absolute Gasteiger partial charge is 0.322 e. The lowest BCUT2D eigenvalue weighted by molar-refractivity contribution is -0.137. The first kappa shape index (κ1) is 21.1. The first-order valence-electron chi connectivity index (χ1n) is 9.57. The number of anilines is 2. The molecule has 0 radical (unpaired) electrons. The van der Waals surface area contributed by atoms with Crippen LogP contribution in [-0.4, -0.2) is 28.1 Å². The Hall–Kier alpha value is -4.13. The Bertz CT molecular complexity index is 1240. The summed E-state index contributed by atoms with van der Waals surface area (Å²) in [7, 11) is 0. The number of fused-ring (bicyclic) bond motifs is 1. The quantitative estimate of drug-likeness (QED) is 0.661. The van der Waals surface area contributed by atoms with E-state index < -0.39 is 23.6 Å². The van der Waals surface area contributed by atoms with E-state index in [0.717, 1.165) is 12.1 Å². The average Bonchev–Trinajstić information content (AvgIpc) is 3.22. The van der Waals surface area contributed by atoms with Crippen LogP contribution in [0, 0.1) is 11.3 Å². The van der Waals surface area contributed by atoms with Crippen LogP contribution in [0.4, 0.5) is 24.5 Å². The molecular formula is C22H16F3N5O2. The molecule has 0 saturated heterocycles. The number of hydrogen-bond donors (Lipinski definition) is 1. The summed E-state index contributed by atoms with van der Waals surface area (Å²) < 4.78 is 40.0. The minimum atomic E-state index is -4.48. The summed E-state index contributed by atoms with van der Waals surface area (Å²) in [5.74, 6) is -1.13. The van der Waals surface area contributed by atoms with Crippen molar-refractivity contribution in [3.8, 4) is 6.07 Å². The number of benzene rings is 2. The van der Waals surface area contributed by atoms with E-state index in [4.69, 9.17) is 5.26 Å².